The molecule has 0 aliphatic heterocycles. The minimum atomic E-state index is -0.424. The summed E-state index contributed by atoms with van der Waals surface area (Å²) in [4.78, 5) is 0. The van der Waals surface area contributed by atoms with Crippen LogP contribution in [0.3, 0.4) is 0 Å². The summed E-state index contributed by atoms with van der Waals surface area (Å²) in [6.45, 7) is 4.74. The Bertz CT molecular complexity index is 557. The summed E-state index contributed by atoms with van der Waals surface area (Å²) in [6.07, 6.45) is 0. The Kier molecular flexibility index (Phi) is 4.11. The summed E-state index contributed by atoms with van der Waals surface area (Å²) in [6, 6.07) is 4.40. The van der Waals surface area contributed by atoms with E-state index in [1.54, 1.807) is 6.07 Å². The first-order valence-corrected chi connectivity index (χ1v) is 6.06. The maximum Gasteiger partial charge on any atom is 0.247 e. The molecule has 1 aromatic carbocycles. The molecule has 0 aliphatic carbocycles. The van der Waals surface area contributed by atoms with E-state index in [2.05, 4.69) is 15.5 Å². The fourth-order valence-electron chi connectivity index (χ4n) is 1.71. The van der Waals surface area contributed by atoms with Crippen LogP contribution in [0.15, 0.2) is 22.6 Å². The van der Waals surface area contributed by atoms with E-state index in [4.69, 9.17) is 9.15 Å². The summed E-state index contributed by atoms with van der Waals surface area (Å²) < 4.78 is 23.8. The molecule has 2 aromatic rings. The minimum Gasteiger partial charge on any atom is -0.494 e. The summed E-state index contributed by atoms with van der Waals surface area (Å²) in [5.41, 5.74) is 0.626. The molecule has 0 fully saturated rings. The van der Waals surface area contributed by atoms with Crippen LogP contribution in [-0.2, 0) is 0 Å². The number of halogens is 1. The Morgan fingerprint density at radius 2 is 2.21 bits per heavy atom. The fraction of sp³-hybridized carbons (Fsp3) is 0.385. The van der Waals surface area contributed by atoms with Gasteiger partial charge in [-0.2, -0.15) is 0 Å². The highest BCUT2D eigenvalue weighted by molar-refractivity contribution is 5.55. The van der Waals surface area contributed by atoms with Gasteiger partial charge in [0, 0.05) is 5.56 Å². The van der Waals surface area contributed by atoms with Crippen LogP contribution in [0, 0.1) is 5.82 Å². The Hall–Kier alpha value is -1.95. The first kappa shape index (κ1) is 13.5. The second-order valence-electron chi connectivity index (χ2n) is 4.07. The standard InChI is InChI=1S/C13H16FN3O2/c1-4-15-8(2)12-16-17-13(19-12)9-5-6-10(14)11(7-9)18-3/h5-8,15H,4H2,1-3H3. The lowest BCUT2D eigenvalue weighted by molar-refractivity contribution is 0.386. The van der Waals surface area contributed by atoms with Crippen LogP contribution in [0.4, 0.5) is 4.39 Å². The SMILES string of the molecule is CCNC(C)c1nnc(-c2ccc(F)c(OC)c2)o1. The third-order valence-electron chi connectivity index (χ3n) is 2.72. The topological polar surface area (TPSA) is 60.2 Å². The molecule has 1 heterocycles. The molecular formula is C13H16FN3O2. The molecule has 5 nitrogen and oxygen atoms in total. The molecular weight excluding hydrogens is 249 g/mol. The summed E-state index contributed by atoms with van der Waals surface area (Å²) in [5.74, 6) is 0.571. The van der Waals surface area contributed by atoms with Crippen molar-refractivity contribution in [2.75, 3.05) is 13.7 Å². The van der Waals surface area contributed by atoms with Crippen LogP contribution in [-0.4, -0.2) is 23.9 Å². The average Bonchev–Trinajstić information content (AvgIpc) is 2.89. The summed E-state index contributed by atoms with van der Waals surface area (Å²) in [7, 11) is 1.41. The van der Waals surface area contributed by atoms with Crippen LogP contribution in [0.5, 0.6) is 5.75 Å². The zero-order valence-corrected chi connectivity index (χ0v) is 11.1. The van der Waals surface area contributed by atoms with Gasteiger partial charge in [0.05, 0.1) is 13.2 Å². The normalized spacial score (nSPS) is 12.4. The lowest BCUT2D eigenvalue weighted by atomic mass is 10.2. The Balaban J connectivity index is 2.27. The zero-order valence-electron chi connectivity index (χ0n) is 11.1. The second kappa shape index (κ2) is 5.79. The molecule has 0 amide bonds. The van der Waals surface area contributed by atoms with Gasteiger partial charge in [0.15, 0.2) is 11.6 Å². The third-order valence-corrected chi connectivity index (χ3v) is 2.72. The van der Waals surface area contributed by atoms with E-state index in [1.165, 1.54) is 19.2 Å². The van der Waals surface area contributed by atoms with Crippen molar-refractivity contribution in [2.24, 2.45) is 0 Å². The van der Waals surface area contributed by atoms with Crippen molar-refractivity contribution in [3.8, 4) is 17.2 Å². The van der Waals surface area contributed by atoms with Crippen LogP contribution >= 0.6 is 0 Å². The quantitative estimate of drug-likeness (QED) is 0.900. The van der Waals surface area contributed by atoms with Crippen molar-refractivity contribution in [3.05, 3.63) is 29.9 Å². The van der Waals surface area contributed by atoms with E-state index in [-0.39, 0.29) is 11.8 Å². The maximum absolute atomic E-state index is 13.3. The van der Waals surface area contributed by atoms with Gasteiger partial charge in [0.1, 0.15) is 0 Å². The van der Waals surface area contributed by atoms with Gasteiger partial charge < -0.3 is 14.5 Å². The molecule has 1 aromatic heterocycles. The number of hydrogen-bond acceptors (Lipinski definition) is 5. The van der Waals surface area contributed by atoms with Gasteiger partial charge in [-0.15, -0.1) is 10.2 Å². The number of ether oxygens (including phenoxy) is 1. The number of aromatic nitrogens is 2. The Morgan fingerprint density at radius 1 is 1.42 bits per heavy atom. The Morgan fingerprint density at radius 3 is 2.89 bits per heavy atom. The summed E-state index contributed by atoms with van der Waals surface area (Å²) >= 11 is 0. The first-order chi connectivity index (χ1) is 9.15. The van der Waals surface area contributed by atoms with E-state index in [0.717, 1.165) is 6.54 Å². The Labute approximate surface area is 110 Å². The molecule has 6 heteroatoms. The minimum absolute atomic E-state index is 0.0198. The number of methoxy groups -OCH3 is 1. The lowest BCUT2D eigenvalue weighted by Gasteiger charge is -2.06. The van der Waals surface area contributed by atoms with Crippen LogP contribution in [0.1, 0.15) is 25.8 Å². The highest BCUT2D eigenvalue weighted by Gasteiger charge is 2.15. The van der Waals surface area contributed by atoms with Gasteiger partial charge in [-0.05, 0) is 31.7 Å². The molecule has 0 radical (unpaired) electrons. The molecule has 1 N–H and O–H groups in total. The van der Waals surface area contributed by atoms with Gasteiger partial charge >= 0.3 is 0 Å². The van der Waals surface area contributed by atoms with Crippen molar-refractivity contribution in [3.63, 3.8) is 0 Å². The van der Waals surface area contributed by atoms with E-state index in [9.17, 15) is 4.39 Å². The lowest BCUT2D eigenvalue weighted by Crippen LogP contribution is -2.17. The second-order valence-corrected chi connectivity index (χ2v) is 4.07. The van der Waals surface area contributed by atoms with Gasteiger partial charge in [-0.25, -0.2) is 4.39 Å². The van der Waals surface area contributed by atoms with Gasteiger partial charge in [0.2, 0.25) is 11.8 Å². The molecule has 0 spiro atoms. The fourth-order valence-corrected chi connectivity index (χ4v) is 1.71. The van der Waals surface area contributed by atoms with Crippen molar-refractivity contribution >= 4 is 0 Å². The molecule has 0 saturated heterocycles. The molecule has 0 saturated carbocycles. The van der Waals surface area contributed by atoms with Crippen molar-refractivity contribution in [2.45, 2.75) is 19.9 Å². The highest BCUT2D eigenvalue weighted by Crippen LogP contribution is 2.26. The van der Waals surface area contributed by atoms with Crippen molar-refractivity contribution in [1.82, 2.24) is 15.5 Å². The van der Waals surface area contributed by atoms with E-state index in [1.807, 2.05) is 13.8 Å². The highest BCUT2D eigenvalue weighted by atomic mass is 19.1. The predicted octanol–water partition coefficient (Wildman–Crippen LogP) is 2.55. The van der Waals surface area contributed by atoms with E-state index in [0.29, 0.717) is 17.3 Å². The number of hydrogen-bond donors (Lipinski definition) is 1. The molecule has 2 rings (SSSR count). The molecule has 0 bridgehead atoms. The molecule has 102 valence electrons. The van der Waals surface area contributed by atoms with E-state index >= 15 is 0 Å². The molecule has 1 unspecified atom stereocenters. The molecule has 19 heavy (non-hydrogen) atoms. The average molecular weight is 265 g/mol. The number of nitrogens with zero attached hydrogens (tertiary/aromatic N) is 2. The number of benzene rings is 1. The van der Waals surface area contributed by atoms with Crippen molar-refractivity contribution in [1.29, 1.82) is 0 Å². The van der Waals surface area contributed by atoms with Crippen LogP contribution in [0.25, 0.3) is 11.5 Å². The maximum atomic E-state index is 13.3. The van der Waals surface area contributed by atoms with Gasteiger partial charge in [-0.3, -0.25) is 0 Å². The third kappa shape index (κ3) is 2.90. The smallest absolute Gasteiger partial charge is 0.247 e. The summed E-state index contributed by atoms with van der Waals surface area (Å²) in [5, 5.41) is 11.1. The van der Waals surface area contributed by atoms with Gasteiger partial charge in [0.25, 0.3) is 0 Å². The largest absolute Gasteiger partial charge is 0.494 e. The first-order valence-electron chi connectivity index (χ1n) is 6.06. The van der Waals surface area contributed by atoms with E-state index < -0.39 is 5.82 Å². The molecule has 1 atom stereocenters. The monoisotopic (exact) mass is 265 g/mol. The number of nitrogens with one attached hydrogen (secondary N) is 1. The van der Waals surface area contributed by atoms with Crippen molar-refractivity contribution < 1.29 is 13.5 Å². The van der Waals surface area contributed by atoms with Crippen LogP contribution in [0.2, 0.25) is 0 Å². The number of rotatable bonds is 5. The molecule has 0 aliphatic rings. The van der Waals surface area contributed by atoms with Crippen LogP contribution < -0.4 is 10.1 Å². The zero-order chi connectivity index (χ0) is 13.8. The predicted molar refractivity (Wildman–Crippen MR) is 68.3 cm³/mol. The van der Waals surface area contributed by atoms with Gasteiger partial charge in [-0.1, -0.05) is 6.92 Å².